The van der Waals surface area contributed by atoms with E-state index in [1.165, 1.54) is 5.56 Å². The lowest BCUT2D eigenvalue weighted by Gasteiger charge is -2.25. The summed E-state index contributed by atoms with van der Waals surface area (Å²) in [5.41, 5.74) is 1.22. The summed E-state index contributed by atoms with van der Waals surface area (Å²) in [5, 5.41) is 20.5. The van der Waals surface area contributed by atoms with Crippen LogP contribution < -0.4 is 0 Å². The van der Waals surface area contributed by atoms with Gasteiger partial charge < -0.3 is 19.7 Å². The molecule has 2 saturated carbocycles. The van der Waals surface area contributed by atoms with Gasteiger partial charge in [-0.15, -0.1) is 0 Å². The molecule has 5 atom stereocenters. The lowest BCUT2D eigenvalue weighted by atomic mass is 9.88. The van der Waals surface area contributed by atoms with E-state index < -0.39 is 0 Å². The molecule has 6 heteroatoms. The number of aryl methyl sites for hydroxylation is 1. The molecule has 2 aromatic rings. The molecule has 0 amide bonds. The van der Waals surface area contributed by atoms with Crippen LogP contribution in [-0.2, 0) is 25.5 Å². The number of aromatic hydroxyl groups is 2. The van der Waals surface area contributed by atoms with E-state index in [0.717, 1.165) is 30.0 Å². The number of esters is 2. The lowest BCUT2D eigenvalue weighted by Crippen LogP contribution is -2.36. The fourth-order valence-corrected chi connectivity index (χ4v) is 4.88. The van der Waals surface area contributed by atoms with Crippen molar-refractivity contribution in [2.75, 3.05) is 0 Å². The SMILES string of the molecule is CC(C)C(=O)OC1C2CC3C(=O)OC1C3C2.CCc1ccc2cc(O)c(O)cc2c1. The van der Waals surface area contributed by atoms with Crippen molar-refractivity contribution in [3.8, 4) is 11.5 Å². The van der Waals surface area contributed by atoms with Crippen molar-refractivity contribution in [1.82, 2.24) is 0 Å². The minimum Gasteiger partial charge on any atom is -0.504 e. The van der Waals surface area contributed by atoms with Gasteiger partial charge in [0.2, 0.25) is 0 Å². The second-order valence-electron chi connectivity index (χ2n) is 8.84. The summed E-state index contributed by atoms with van der Waals surface area (Å²) in [6.45, 7) is 5.72. The molecular formula is C24H28O6. The Morgan fingerprint density at radius 1 is 1.13 bits per heavy atom. The Hall–Kier alpha value is -2.76. The van der Waals surface area contributed by atoms with Crippen LogP contribution in [0.4, 0.5) is 0 Å². The van der Waals surface area contributed by atoms with Crippen LogP contribution in [0.2, 0.25) is 0 Å². The number of fused-ring (bicyclic) bond motifs is 2. The average molecular weight is 412 g/mol. The van der Waals surface area contributed by atoms with Crippen LogP contribution in [0.3, 0.4) is 0 Å². The second-order valence-corrected chi connectivity index (χ2v) is 8.84. The predicted molar refractivity (Wildman–Crippen MR) is 111 cm³/mol. The Bertz CT molecular complexity index is 981. The van der Waals surface area contributed by atoms with E-state index in [0.29, 0.717) is 11.8 Å². The molecule has 3 fully saturated rings. The van der Waals surface area contributed by atoms with Gasteiger partial charge in [-0.1, -0.05) is 39.0 Å². The van der Waals surface area contributed by atoms with Crippen LogP contribution >= 0.6 is 0 Å². The van der Waals surface area contributed by atoms with Crippen LogP contribution in [0.5, 0.6) is 11.5 Å². The Kier molecular flexibility index (Phi) is 5.35. The van der Waals surface area contributed by atoms with Crippen molar-refractivity contribution in [3.63, 3.8) is 0 Å². The maximum Gasteiger partial charge on any atom is 0.309 e. The smallest absolute Gasteiger partial charge is 0.309 e. The number of ether oxygens (including phenoxy) is 2. The first-order chi connectivity index (χ1) is 14.3. The van der Waals surface area contributed by atoms with Crippen molar-refractivity contribution in [1.29, 1.82) is 0 Å². The molecule has 2 N–H and O–H groups in total. The second kappa shape index (κ2) is 7.82. The van der Waals surface area contributed by atoms with Crippen molar-refractivity contribution in [3.05, 3.63) is 35.9 Å². The van der Waals surface area contributed by atoms with E-state index in [2.05, 4.69) is 6.92 Å². The van der Waals surface area contributed by atoms with Crippen LogP contribution in [0, 0.1) is 23.7 Å². The maximum absolute atomic E-state index is 11.6. The summed E-state index contributed by atoms with van der Waals surface area (Å²) in [5.74, 6) is 0.220. The number of hydrogen-bond acceptors (Lipinski definition) is 6. The van der Waals surface area contributed by atoms with Gasteiger partial charge in [0.25, 0.3) is 0 Å². The summed E-state index contributed by atoms with van der Waals surface area (Å²) in [6.07, 6.45) is 2.46. The largest absolute Gasteiger partial charge is 0.504 e. The van der Waals surface area contributed by atoms with Gasteiger partial charge in [-0.3, -0.25) is 9.59 Å². The molecule has 0 radical (unpaired) electrons. The van der Waals surface area contributed by atoms with E-state index in [-0.39, 0.29) is 47.5 Å². The molecule has 2 aliphatic carbocycles. The number of rotatable bonds is 3. The highest BCUT2D eigenvalue weighted by Crippen LogP contribution is 2.55. The monoisotopic (exact) mass is 412 g/mol. The number of carbonyl (C=O) groups excluding carboxylic acids is 2. The third kappa shape index (κ3) is 3.59. The van der Waals surface area contributed by atoms with Gasteiger partial charge >= 0.3 is 11.9 Å². The third-order valence-corrected chi connectivity index (χ3v) is 6.54. The van der Waals surface area contributed by atoms with Crippen molar-refractivity contribution in [2.45, 2.75) is 52.2 Å². The number of carbonyl (C=O) groups is 2. The van der Waals surface area contributed by atoms with E-state index in [4.69, 9.17) is 9.47 Å². The summed E-state index contributed by atoms with van der Waals surface area (Å²) >= 11 is 0. The minimum atomic E-state index is -0.183. The molecule has 160 valence electrons. The number of benzene rings is 2. The fraction of sp³-hybridized carbons (Fsp3) is 0.500. The number of hydrogen-bond donors (Lipinski definition) is 2. The first-order valence-corrected chi connectivity index (χ1v) is 10.6. The van der Waals surface area contributed by atoms with Crippen molar-refractivity contribution in [2.24, 2.45) is 23.7 Å². The van der Waals surface area contributed by atoms with Gasteiger partial charge in [-0.05, 0) is 47.7 Å². The van der Waals surface area contributed by atoms with Gasteiger partial charge in [-0.2, -0.15) is 0 Å². The molecule has 1 saturated heterocycles. The molecule has 1 heterocycles. The first kappa shape index (κ1) is 20.5. The minimum absolute atomic E-state index is 0.0641. The Balaban J connectivity index is 0.000000147. The molecule has 0 spiro atoms. The van der Waals surface area contributed by atoms with Crippen molar-refractivity contribution >= 4 is 22.7 Å². The first-order valence-electron chi connectivity index (χ1n) is 10.6. The highest BCUT2D eigenvalue weighted by Gasteiger charge is 2.63. The van der Waals surface area contributed by atoms with Gasteiger partial charge in [0.15, 0.2) is 11.5 Å². The Morgan fingerprint density at radius 3 is 2.50 bits per heavy atom. The zero-order valence-electron chi connectivity index (χ0n) is 17.5. The van der Waals surface area contributed by atoms with Gasteiger partial charge in [0.1, 0.15) is 12.2 Å². The third-order valence-electron chi connectivity index (χ3n) is 6.54. The van der Waals surface area contributed by atoms with Gasteiger partial charge in [0, 0.05) is 11.8 Å². The molecule has 5 rings (SSSR count). The molecular weight excluding hydrogens is 384 g/mol. The van der Waals surface area contributed by atoms with Gasteiger partial charge in [0.05, 0.1) is 11.8 Å². The maximum atomic E-state index is 11.6. The number of phenolic OH excluding ortho intramolecular Hbond substituents is 2. The van der Waals surface area contributed by atoms with Gasteiger partial charge in [-0.25, -0.2) is 0 Å². The van der Waals surface area contributed by atoms with Crippen LogP contribution in [-0.4, -0.2) is 34.4 Å². The van der Waals surface area contributed by atoms with Crippen molar-refractivity contribution < 1.29 is 29.3 Å². The predicted octanol–water partition coefficient (Wildman–Crippen LogP) is 3.95. The lowest BCUT2D eigenvalue weighted by molar-refractivity contribution is -0.164. The molecule has 0 aromatic heterocycles. The van der Waals surface area contributed by atoms with Crippen LogP contribution in [0.25, 0.3) is 10.8 Å². The highest BCUT2D eigenvalue weighted by molar-refractivity contribution is 5.86. The molecule has 30 heavy (non-hydrogen) atoms. The quantitative estimate of drug-likeness (QED) is 0.586. The van der Waals surface area contributed by atoms with Crippen LogP contribution in [0.15, 0.2) is 30.3 Å². The number of phenols is 2. The molecule has 5 unspecified atom stereocenters. The van der Waals surface area contributed by atoms with E-state index in [1.807, 2.05) is 32.0 Å². The van der Waals surface area contributed by atoms with E-state index >= 15 is 0 Å². The zero-order chi connectivity index (χ0) is 21.6. The summed E-state index contributed by atoms with van der Waals surface area (Å²) in [7, 11) is 0. The zero-order valence-corrected chi connectivity index (χ0v) is 17.5. The Morgan fingerprint density at radius 2 is 1.83 bits per heavy atom. The summed E-state index contributed by atoms with van der Waals surface area (Å²) < 4.78 is 10.8. The summed E-state index contributed by atoms with van der Waals surface area (Å²) in [4.78, 5) is 23.1. The molecule has 3 aliphatic rings. The van der Waals surface area contributed by atoms with Crippen LogP contribution in [0.1, 0.15) is 39.2 Å². The molecule has 2 bridgehead atoms. The molecule has 1 aliphatic heterocycles. The standard InChI is InChI=1S/C12H16O4.C12H12O2/c1-5(2)11(13)15-9-6-3-7-8(4-6)12(14)16-10(7)9;1-2-8-3-4-9-6-11(13)12(14)7-10(9)5-8/h5-10H,3-4H2,1-2H3;3-7,13-14H,2H2,1H3. The molecule has 2 aromatic carbocycles. The fourth-order valence-electron chi connectivity index (χ4n) is 4.88. The van der Waals surface area contributed by atoms with E-state index in [1.54, 1.807) is 12.1 Å². The Labute approximate surface area is 175 Å². The van der Waals surface area contributed by atoms with E-state index in [9.17, 15) is 19.8 Å². The highest BCUT2D eigenvalue weighted by atomic mass is 16.6. The normalized spacial score (nSPS) is 28.4. The topological polar surface area (TPSA) is 93.1 Å². The molecule has 6 nitrogen and oxygen atoms in total. The average Bonchev–Trinajstić information content (AvgIpc) is 3.34. The summed E-state index contributed by atoms with van der Waals surface area (Å²) in [6, 6.07) is 9.16.